The van der Waals surface area contributed by atoms with Crippen molar-refractivity contribution in [2.75, 3.05) is 13.2 Å². The fourth-order valence-electron chi connectivity index (χ4n) is 5.30. The molecule has 32 heavy (non-hydrogen) atoms. The summed E-state index contributed by atoms with van der Waals surface area (Å²) in [6, 6.07) is 6.33. The van der Waals surface area contributed by atoms with Crippen LogP contribution < -0.4 is 21.0 Å². The lowest BCUT2D eigenvalue weighted by Crippen LogP contribution is -2.41. The van der Waals surface area contributed by atoms with Crippen molar-refractivity contribution in [2.45, 2.75) is 82.8 Å². The van der Waals surface area contributed by atoms with Crippen molar-refractivity contribution in [3.05, 3.63) is 34.9 Å². The second-order valence-corrected chi connectivity index (χ2v) is 9.74. The van der Waals surface area contributed by atoms with Gasteiger partial charge >= 0.3 is 0 Å². The van der Waals surface area contributed by atoms with E-state index in [9.17, 15) is 0 Å². The lowest BCUT2D eigenvalue weighted by atomic mass is 9.79. The van der Waals surface area contributed by atoms with Gasteiger partial charge in [-0.25, -0.2) is 0 Å². The first-order valence-electron chi connectivity index (χ1n) is 12.1. The van der Waals surface area contributed by atoms with Gasteiger partial charge < -0.3 is 19.2 Å². The number of rotatable bonds is 4. The molecule has 1 aromatic heterocycles. The molecule has 7 heteroatoms. The first-order valence-corrected chi connectivity index (χ1v) is 12.5. The minimum absolute atomic E-state index is 0.0247. The molecule has 2 aromatic rings. The van der Waals surface area contributed by atoms with Crippen LogP contribution in [0, 0.1) is 0 Å². The molecular weight excluding hydrogens is 422 g/mol. The van der Waals surface area contributed by atoms with E-state index < -0.39 is 0 Å². The van der Waals surface area contributed by atoms with E-state index in [-0.39, 0.29) is 11.7 Å². The average molecular weight is 456 g/mol. The van der Waals surface area contributed by atoms with Crippen LogP contribution in [0.3, 0.4) is 0 Å². The van der Waals surface area contributed by atoms with Gasteiger partial charge in [0.1, 0.15) is 16.9 Å². The van der Waals surface area contributed by atoms with Gasteiger partial charge in [-0.3, -0.25) is 5.43 Å². The average Bonchev–Trinajstić information content (AvgIpc) is 3.34. The molecule has 2 fully saturated rings. The molecule has 1 saturated heterocycles. The van der Waals surface area contributed by atoms with E-state index in [0.717, 1.165) is 68.3 Å². The van der Waals surface area contributed by atoms with Crippen molar-refractivity contribution < 1.29 is 13.9 Å². The zero-order valence-corrected chi connectivity index (χ0v) is 19.7. The molecule has 1 unspecified atom stereocenters. The molecular formula is C25H33N3O3S. The normalized spacial score (nSPS) is 22.5. The molecule has 0 amide bonds. The van der Waals surface area contributed by atoms with Crippen LogP contribution in [0.25, 0.3) is 11.0 Å². The highest BCUT2D eigenvalue weighted by atomic mass is 32.1. The highest BCUT2D eigenvalue weighted by molar-refractivity contribution is 7.80. The van der Waals surface area contributed by atoms with Crippen LogP contribution >= 0.6 is 12.2 Å². The fraction of sp³-hybridized carbons (Fsp3) is 0.600. The summed E-state index contributed by atoms with van der Waals surface area (Å²) in [4.78, 5) is 0. The van der Waals surface area contributed by atoms with Gasteiger partial charge in [0, 0.05) is 30.7 Å². The molecule has 5 rings (SSSR count). The summed E-state index contributed by atoms with van der Waals surface area (Å²) < 4.78 is 18.4. The molecule has 172 valence electrons. The molecule has 0 bridgehead atoms. The van der Waals surface area contributed by atoms with Crippen molar-refractivity contribution in [3.8, 4) is 5.75 Å². The quantitative estimate of drug-likeness (QED) is 0.523. The lowest BCUT2D eigenvalue weighted by Gasteiger charge is -2.41. The van der Waals surface area contributed by atoms with Crippen LogP contribution in [0.4, 0.5) is 0 Å². The summed E-state index contributed by atoms with van der Waals surface area (Å²) >= 11 is 5.36. The fourth-order valence-corrected chi connectivity index (χ4v) is 5.43. The Morgan fingerprint density at radius 2 is 2.03 bits per heavy atom. The van der Waals surface area contributed by atoms with Gasteiger partial charge in [-0.1, -0.05) is 13.3 Å². The summed E-state index contributed by atoms with van der Waals surface area (Å²) in [7, 11) is 0. The smallest absolute Gasteiger partial charge is 0.236 e. The minimum atomic E-state index is 0.0247. The number of thiocarbonyl (C=S) groups is 1. The lowest BCUT2D eigenvalue weighted by molar-refractivity contribution is 0.0109. The van der Waals surface area contributed by atoms with Crippen LogP contribution in [-0.4, -0.2) is 30.0 Å². The molecule has 2 N–H and O–H groups in total. The molecule has 2 aliphatic heterocycles. The topological polar surface area (TPSA) is 68.0 Å². The van der Waals surface area contributed by atoms with Gasteiger partial charge in [0.2, 0.25) is 5.55 Å². The van der Waals surface area contributed by atoms with E-state index >= 15 is 0 Å². The Labute approximate surface area is 194 Å². The zero-order chi connectivity index (χ0) is 22.0. The number of hydrogen-bond acceptors (Lipinski definition) is 5. The first-order chi connectivity index (χ1) is 15.6. The second-order valence-electron chi connectivity index (χ2n) is 9.33. The van der Waals surface area contributed by atoms with E-state index in [1.54, 1.807) is 0 Å². The van der Waals surface area contributed by atoms with E-state index in [4.69, 9.17) is 26.1 Å². The molecule has 1 spiro atoms. The predicted molar refractivity (Wildman–Crippen MR) is 129 cm³/mol. The highest BCUT2D eigenvalue weighted by Crippen LogP contribution is 2.43. The summed E-state index contributed by atoms with van der Waals surface area (Å²) in [6.07, 6.45) is 11.7. The van der Waals surface area contributed by atoms with Gasteiger partial charge in [0.25, 0.3) is 0 Å². The summed E-state index contributed by atoms with van der Waals surface area (Å²) in [5.41, 5.74) is 6.77. The third kappa shape index (κ3) is 4.64. The van der Waals surface area contributed by atoms with Crippen molar-refractivity contribution in [1.29, 1.82) is 0 Å². The number of aryl methyl sites for hydroxylation is 2. The van der Waals surface area contributed by atoms with Crippen molar-refractivity contribution in [2.24, 2.45) is 5.10 Å². The maximum atomic E-state index is 6.61. The number of hydrogen-bond donors (Lipinski definition) is 2. The number of nitrogens with one attached hydrogen (secondary N) is 2. The number of nitrogens with zero attached hydrogens (tertiary/aromatic N) is 1. The van der Waals surface area contributed by atoms with Crippen molar-refractivity contribution in [1.82, 2.24) is 10.7 Å². The van der Waals surface area contributed by atoms with E-state index in [0.29, 0.717) is 17.2 Å². The van der Waals surface area contributed by atoms with Crippen LogP contribution in [0.2, 0.25) is 0 Å². The molecule has 1 aliphatic carbocycles. The van der Waals surface area contributed by atoms with E-state index in [1.165, 1.54) is 30.4 Å². The second kappa shape index (κ2) is 9.40. The summed E-state index contributed by atoms with van der Waals surface area (Å²) in [6.45, 7) is 3.69. The number of ether oxygens (including phenoxy) is 2. The van der Waals surface area contributed by atoms with Crippen molar-refractivity contribution in [3.63, 3.8) is 0 Å². The van der Waals surface area contributed by atoms with Crippen molar-refractivity contribution >= 4 is 28.3 Å². The molecule has 3 heterocycles. The predicted octanol–water partition coefficient (Wildman–Crippen LogP) is 4.48. The Morgan fingerprint density at radius 1 is 1.16 bits per heavy atom. The third-order valence-corrected chi connectivity index (χ3v) is 7.36. The molecule has 0 radical (unpaired) electrons. The summed E-state index contributed by atoms with van der Waals surface area (Å²) in [5.74, 6) is 0.982. The Balaban J connectivity index is 1.37. The Morgan fingerprint density at radius 3 is 2.81 bits per heavy atom. The monoisotopic (exact) mass is 455 g/mol. The van der Waals surface area contributed by atoms with Crippen LogP contribution in [-0.2, 0) is 17.6 Å². The van der Waals surface area contributed by atoms with Gasteiger partial charge in [0.05, 0.1) is 6.10 Å². The van der Waals surface area contributed by atoms with Gasteiger partial charge in [-0.15, -0.1) is 5.10 Å². The first kappa shape index (κ1) is 21.7. The number of fused-ring (bicyclic) bond motifs is 2. The van der Waals surface area contributed by atoms with E-state index in [1.807, 2.05) is 6.07 Å². The van der Waals surface area contributed by atoms with Crippen LogP contribution in [0.5, 0.6) is 5.75 Å². The minimum Gasteiger partial charge on any atom is -0.487 e. The third-order valence-electron chi connectivity index (χ3n) is 7.12. The van der Waals surface area contributed by atoms with Crippen LogP contribution in [0.1, 0.15) is 69.4 Å². The summed E-state index contributed by atoms with van der Waals surface area (Å²) in [5, 5.41) is 9.20. The molecule has 6 nitrogen and oxygen atoms in total. The van der Waals surface area contributed by atoms with Gasteiger partial charge in [-0.05, 0) is 87.2 Å². The van der Waals surface area contributed by atoms with Crippen LogP contribution in [0.15, 0.2) is 27.7 Å². The van der Waals surface area contributed by atoms with Gasteiger partial charge in [-0.2, -0.15) is 0 Å². The van der Waals surface area contributed by atoms with Gasteiger partial charge in [0.15, 0.2) is 5.11 Å². The Kier molecular flexibility index (Phi) is 6.37. The Bertz CT molecular complexity index is 1050. The Hall–Kier alpha value is -2.12. The maximum absolute atomic E-state index is 6.61. The van der Waals surface area contributed by atoms with E-state index in [2.05, 4.69) is 34.9 Å². The molecule has 1 saturated carbocycles. The molecule has 1 atom stereocenters. The maximum Gasteiger partial charge on any atom is 0.236 e. The molecule has 3 aliphatic rings. The standard InChI is InChI=1S/C25H33N3O3S/c1-2-17-14-23(27-28-24(32)26-16-19-7-6-12-29-19)30-22-15-21-18(13-20(17)22)8-11-25(31-21)9-4-3-5-10-25/h13-15,19H,2-12,16H2,1H3,(H2,26,28,32)/b27-23+. The SMILES string of the molecule is CCc1c/c(=N\NC(=S)NCC2CCCO2)oc2cc3c(cc12)CCC1(CCCCC1)O3. The highest BCUT2D eigenvalue weighted by Gasteiger charge is 2.37. The zero-order valence-electron chi connectivity index (χ0n) is 18.9. The number of benzene rings is 1. The molecule has 1 aromatic carbocycles. The largest absolute Gasteiger partial charge is 0.487 e.